The van der Waals surface area contributed by atoms with Crippen LogP contribution in [0.4, 0.5) is 11.4 Å². The number of halogens is 1. The summed E-state index contributed by atoms with van der Waals surface area (Å²) in [7, 11) is 0. The van der Waals surface area contributed by atoms with E-state index in [0.717, 1.165) is 6.07 Å². The number of carboxylic acid groups (broad SMARTS) is 1. The number of benzene rings is 1. The molecule has 4 amide bonds. The molecule has 1 heterocycles. The highest BCUT2D eigenvalue weighted by Crippen LogP contribution is 2.29. The maximum absolute atomic E-state index is 13.1. The Morgan fingerprint density at radius 2 is 1.89 bits per heavy atom. The Morgan fingerprint density at radius 1 is 1.22 bits per heavy atom. The van der Waals surface area contributed by atoms with E-state index in [4.69, 9.17) is 5.73 Å². The van der Waals surface area contributed by atoms with Crippen molar-refractivity contribution in [2.24, 2.45) is 11.7 Å². The number of carbonyl (C=O) groups is 5. The lowest BCUT2D eigenvalue weighted by molar-refractivity contribution is -0.384. The van der Waals surface area contributed by atoms with Gasteiger partial charge in [-0.25, -0.2) is 0 Å². The largest absolute Gasteiger partial charge is 0.481 e. The van der Waals surface area contributed by atoms with Crippen molar-refractivity contribution in [1.29, 1.82) is 0 Å². The topological polar surface area (TPSA) is 223 Å². The highest BCUT2D eigenvalue weighted by molar-refractivity contribution is 14.1. The molecule has 1 aliphatic rings. The zero-order valence-corrected chi connectivity index (χ0v) is 21.7. The van der Waals surface area contributed by atoms with Crippen LogP contribution >= 0.6 is 22.6 Å². The predicted molar refractivity (Wildman–Crippen MR) is 135 cm³/mol. The second-order valence-electron chi connectivity index (χ2n) is 8.28. The number of carboxylic acids is 1. The first-order valence-corrected chi connectivity index (χ1v) is 12.1. The summed E-state index contributed by atoms with van der Waals surface area (Å²) in [5, 5.41) is 30.9. The van der Waals surface area contributed by atoms with E-state index in [1.54, 1.807) is 36.4 Å². The number of amides is 4. The number of aliphatic carboxylic acids is 1. The van der Waals surface area contributed by atoms with E-state index in [-0.39, 0.29) is 27.8 Å². The number of fused-ring (bicyclic) bond motifs is 1. The number of hydrogen-bond donors (Lipinski definition) is 6. The molecule has 15 heteroatoms. The van der Waals surface area contributed by atoms with Gasteiger partial charge in [0.2, 0.25) is 17.7 Å². The van der Waals surface area contributed by atoms with E-state index < -0.39 is 70.7 Å². The fourth-order valence-corrected chi connectivity index (χ4v) is 4.32. The van der Waals surface area contributed by atoms with Gasteiger partial charge in [-0.05, 0) is 34.9 Å². The van der Waals surface area contributed by atoms with Crippen molar-refractivity contribution >= 4 is 63.6 Å². The fourth-order valence-electron chi connectivity index (χ4n) is 3.52. The molecule has 0 spiro atoms. The molecule has 0 saturated heterocycles. The minimum atomic E-state index is -1.60. The van der Waals surface area contributed by atoms with Gasteiger partial charge in [-0.2, -0.15) is 0 Å². The molecule has 0 aromatic heterocycles. The Kier molecular flexibility index (Phi) is 9.94. The summed E-state index contributed by atoms with van der Waals surface area (Å²) < 4.78 is 0.287. The number of nitrogens with zero attached hydrogens (tertiary/aromatic N) is 1. The van der Waals surface area contributed by atoms with Gasteiger partial charge in [-0.15, -0.1) is 0 Å². The number of anilines is 1. The maximum atomic E-state index is 13.1. The van der Waals surface area contributed by atoms with Crippen molar-refractivity contribution in [2.45, 2.75) is 51.2 Å². The van der Waals surface area contributed by atoms with Crippen LogP contribution in [0.15, 0.2) is 12.1 Å². The van der Waals surface area contributed by atoms with Gasteiger partial charge in [0.25, 0.3) is 11.6 Å². The molecule has 0 aliphatic carbocycles. The Hall–Kier alpha value is -3.50. The number of primary amides is 1. The average Bonchev–Trinajstić information content (AvgIpc) is 2.79. The van der Waals surface area contributed by atoms with Crippen LogP contribution in [-0.2, 0) is 19.2 Å². The molecule has 0 saturated carbocycles. The van der Waals surface area contributed by atoms with E-state index in [0.29, 0.717) is 6.42 Å². The summed E-state index contributed by atoms with van der Waals surface area (Å²) in [5.74, 6) is -5.22. The quantitative estimate of drug-likeness (QED) is 0.144. The monoisotopic (exact) mass is 618 g/mol. The van der Waals surface area contributed by atoms with Crippen molar-refractivity contribution in [3.63, 3.8) is 0 Å². The standard InChI is InChI=1S/C21H27IN6O8/c1-3-9(2)16-21(34)25-13(18(23)31)4-5-24-17-11(6-10(28(35)36)7-12(17)22)19(32)26-14(8-15(29)30)20(33)27-16/h6-7,9,13-14,16,24H,3-5,8H2,1-2H3,(H2,23,31)(H,25,34)(H,26,32)(H,27,33)(H,29,30)/t9-,13?,14-,16?/m0/s1. The molecule has 196 valence electrons. The zero-order chi connectivity index (χ0) is 27.2. The molecule has 1 aromatic rings. The Bertz CT molecular complexity index is 1080. The molecular formula is C21H27IN6O8. The van der Waals surface area contributed by atoms with E-state index in [9.17, 15) is 39.2 Å². The average molecular weight is 618 g/mol. The van der Waals surface area contributed by atoms with Crippen LogP contribution in [0, 0.1) is 19.6 Å². The van der Waals surface area contributed by atoms with Crippen molar-refractivity contribution in [2.75, 3.05) is 11.9 Å². The van der Waals surface area contributed by atoms with Gasteiger partial charge < -0.3 is 32.1 Å². The van der Waals surface area contributed by atoms with Crippen LogP contribution < -0.4 is 27.0 Å². The van der Waals surface area contributed by atoms with Gasteiger partial charge in [-0.3, -0.25) is 34.1 Å². The molecule has 2 unspecified atom stereocenters. The molecule has 1 aliphatic heterocycles. The zero-order valence-electron chi connectivity index (χ0n) is 19.5. The van der Waals surface area contributed by atoms with Crippen molar-refractivity contribution < 1.29 is 34.0 Å². The summed E-state index contributed by atoms with van der Waals surface area (Å²) in [4.78, 5) is 73.2. The van der Waals surface area contributed by atoms with E-state index >= 15 is 0 Å². The summed E-state index contributed by atoms with van der Waals surface area (Å²) in [6, 6.07) is -1.67. The normalized spacial score (nSPS) is 22.0. The summed E-state index contributed by atoms with van der Waals surface area (Å²) in [5.41, 5.74) is 5.02. The summed E-state index contributed by atoms with van der Waals surface area (Å²) in [6.45, 7) is 3.49. The Morgan fingerprint density at radius 3 is 2.44 bits per heavy atom. The number of carbonyl (C=O) groups excluding carboxylic acids is 4. The molecule has 14 nitrogen and oxygen atoms in total. The first-order chi connectivity index (χ1) is 16.8. The molecule has 0 radical (unpaired) electrons. The van der Waals surface area contributed by atoms with Crippen LogP contribution in [0.5, 0.6) is 0 Å². The first kappa shape index (κ1) is 28.7. The molecule has 2 rings (SSSR count). The van der Waals surface area contributed by atoms with Crippen LogP contribution in [-0.4, -0.2) is 64.3 Å². The van der Waals surface area contributed by atoms with Gasteiger partial charge in [0.05, 0.1) is 22.6 Å². The number of nitro groups is 1. The lowest BCUT2D eigenvalue weighted by atomic mass is 9.97. The van der Waals surface area contributed by atoms with Crippen LogP contribution in [0.1, 0.15) is 43.5 Å². The Balaban J connectivity index is 2.60. The van der Waals surface area contributed by atoms with Gasteiger partial charge in [-0.1, -0.05) is 20.3 Å². The third kappa shape index (κ3) is 7.25. The van der Waals surface area contributed by atoms with Gasteiger partial charge >= 0.3 is 5.97 Å². The van der Waals surface area contributed by atoms with Crippen molar-refractivity contribution in [1.82, 2.24) is 16.0 Å². The third-order valence-corrected chi connectivity index (χ3v) is 6.57. The van der Waals surface area contributed by atoms with Crippen molar-refractivity contribution in [3.05, 3.63) is 31.4 Å². The number of rotatable bonds is 6. The molecule has 1 aromatic carbocycles. The summed E-state index contributed by atoms with van der Waals surface area (Å²) >= 11 is 1.78. The van der Waals surface area contributed by atoms with Gasteiger partial charge in [0.1, 0.15) is 18.1 Å². The van der Waals surface area contributed by atoms with Crippen LogP contribution in [0.3, 0.4) is 0 Å². The SMILES string of the molecule is CC[C@H](C)C1NC(=O)[C@H](CC(=O)O)NC(=O)c2cc([N+](=O)[O-])cc(I)c2NCCC(C(N)=O)NC1=O. The number of hydrogen-bond acceptors (Lipinski definition) is 8. The fraction of sp³-hybridized carbons (Fsp3) is 0.476. The molecule has 7 N–H and O–H groups in total. The van der Waals surface area contributed by atoms with Crippen LogP contribution in [0.2, 0.25) is 0 Å². The number of nitrogens with one attached hydrogen (secondary N) is 4. The minimum absolute atomic E-state index is 0.0119. The molecule has 36 heavy (non-hydrogen) atoms. The number of nitro benzene ring substituents is 1. The third-order valence-electron chi connectivity index (χ3n) is 5.72. The molecule has 0 fully saturated rings. The van der Waals surface area contributed by atoms with E-state index in [2.05, 4.69) is 21.3 Å². The first-order valence-electron chi connectivity index (χ1n) is 11.0. The highest BCUT2D eigenvalue weighted by Gasteiger charge is 2.34. The summed E-state index contributed by atoms with van der Waals surface area (Å²) in [6.07, 6.45) is -0.351. The lowest BCUT2D eigenvalue weighted by Crippen LogP contribution is -2.58. The molecular weight excluding hydrogens is 591 g/mol. The second-order valence-corrected chi connectivity index (χ2v) is 9.44. The smallest absolute Gasteiger partial charge is 0.305 e. The number of nitrogens with two attached hydrogens (primary N) is 1. The number of non-ortho nitro benzene ring substituents is 1. The van der Waals surface area contributed by atoms with Gasteiger partial charge in [0, 0.05) is 22.2 Å². The predicted octanol–water partition coefficient (Wildman–Crippen LogP) is 0.0891. The van der Waals surface area contributed by atoms with Crippen LogP contribution in [0.25, 0.3) is 0 Å². The van der Waals surface area contributed by atoms with E-state index in [1.165, 1.54) is 6.07 Å². The molecule has 0 bridgehead atoms. The maximum Gasteiger partial charge on any atom is 0.305 e. The minimum Gasteiger partial charge on any atom is -0.481 e. The Labute approximate surface area is 219 Å². The van der Waals surface area contributed by atoms with E-state index in [1.807, 2.05) is 0 Å². The van der Waals surface area contributed by atoms with Gasteiger partial charge in [0.15, 0.2) is 0 Å². The highest BCUT2D eigenvalue weighted by atomic mass is 127. The lowest BCUT2D eigenvalue weighted by Gasteiger charge is -2.28. The second kappa shape index (κ2) is 12.5. The van der Waals surface area contributed by atoms with Crippen molar-refractivity contribution in [3.8, 4) is 0 Å². The molecule has 4 atom stereocenters.